The molecule has 0 amide bonds. The molecule has 0 bridgehead atoms. The SMILES string of the molecule is Cc1cc(C#N)nc(NC2CCNC3(CCC3)C2)n1. The van der Waals surface area contributed by atoms with Crippen molar-refractivity contribution in [3.63, 3.8) is 0 Å². The summed E-state index contributed by atoms with van der Waals surface area (Å²) in [6, 6.07) is 4.20. The molecule has 3 rings (SSSR count). The Morgan fingerprint density at radius 2 is 2.32 bits per heavy atom. The Morgan fingerprint density at radius 3 is 3.00 bits per heavy atom. The fourth-order valence-electron chi connectivity index (χ4n) is 3.14. The van der Waals surface area contributed by atoms with Crippen molar-refractivity contribution in [1.82, 2.24) is 15.3 Å². The fraction of sp³-hybridized carbons (Fsp3) is 0.643. The minimum absolute atomic E-state index is 0.359. The Hall–Kier alpha value is -1.67. The predicted octanol–water partition coefficient (Wildman–Crippen LogP) is 1.74. The van der Waals surface area contributed by atoms with Crippen LogP contribution in [-0.2, 0) is 0 Å². The third-order valence-electron chi connectivity index (χ3n) is 4.24. The van der Waals surface area contributed by atoms with Crippen molar-refractivity contribution in [2.75, 3.05) is 11.9 Å². The number of hydrogen-bond acceptors (Lipinski definition) is 5. The lowest BCUT2D eigenvalue weighted by Gasteiger charge is -2.48. The van der Waals surface area contributed by atoms with E-state index in [2.05, 4.69) is 26.7 Å². The Bertz CT molecular complexity index is 515. The van der Waals surface area contributed by atoms with Crippen molar-refractivity contribution in [2.24, 2.45) is 0 Å². The van der Waals surface area contributed by atoms with E-state index in [1.165, 1.54) is 19.3 Å². The van der Waals surface area contributed by atoms with Gasteiger partial charge in [-0.2, -0.15) is 5.26 Å². The Balaban J connectivity index is 1.71. The van der Waals surface area contributed by atoms with Gasteiger partial charge in [0.1, 0.15) is 11.8 Å². The maximum absolute atomic E-state index is 8.94. The maximum Gasteiger partial charge on any atom is 0.224 e. The normalized spacial score (nSPS) is 24.5. The second-order valence-electron chi connectivity index (χ2n) is 5.72. The van der Waals surface area contributed by atoms with Crippen molar-refractivity contribution < 1.29 is 0 Å². The van der Waals surface area contributed by atoms with Crippen LogP contribution in [0.2, 0.25) is 0 Å². The summed E-state index contributed by atoms with van der Waals surface area (Å²) >= 11 is 0. The molecule has 1 aliphatic carbocycles. The fourth-order valence-corrected chi connectivity index (χ4v) is 3.14. The van der Waals surface area contributed by atoms with Crippen LogP contribution in [0, 0.1) is 18.3 Å². The molecule has 1 atom stereocenters. The number of piperidine rings is 1. The zero-order valence-corrected chi connectivity index (χ0v) is 11.2. The van der Waals surface area contributed by atoms with E-state index in [1.807, 2.05) is 6.92 Å². The third-order valence-corrected chi connectivity index (χ3v) is 4.24. The van der Waals surface area contributed by atoms with Gasteiger partial charge in [-0.3, -0.25) is 0 Å². The van der Waals surface area contributed by atoms with Gasteiger partial charge < -0.3 is 10.6 Å². The molecule has 2 aliphatic rings. The summed E-state index contributed by atoms with van der Waals surface area (Å²) in [4.78, 5) is 8.61. The van der Waals surface area contributed by atoms with Gasteiger partial charge in [0.15, 0.2) is 0 Å². The molecule has 2 N–H and O–H groups in total. The zero-order valence-electron chi connectivity index (χ0n) is 11.2. The lowest BCUT2D eigenvalue weighted by Crippen LogP contribution is -2.58. The standard InChI is InChI=1S/C14H19N5/c1-10-7-12(9-15)19-13(17-10)18-11-3-6-16-14(8-11)4-2-5-14/h7,11,16H,2-6,8H2,1H3,(H,17,18,19). The maximum atomic E-state index is 8.94. The Morgan fingerprint density at radius 1 is 1.47 bits per heavy atom. The van der Waals surface area contributed by atoms with E-state index in [1.54, 1.807) is 6.07 Å². The summed E-state index contributed by atoms with van der Waals surface area (Å²) in [5.41, 5.74) is 1.63. The van der Waals surface area contributed by atoms with Crippen LogP contribution in [0.1, 0.15) is 43.5 Å². The van der Waals surface area contributed by atoms with Crippen LogP contribution in [0.25, 0.3) is 0 Å². The number of anilines is 1. The van der Waals surface area contributed by atoms with Gasteiger partial charge in [-0.1, -0.05) is 0 Å². The molecule has 5 nitrogen and oxygen atoms in total. The molecular formula is C14H19N5. The molecule has 1 aliphatic heterocycles. The van der Waals surface area contributed by atoms with Gasteiger partial charge >= 0.3 is 0 Å². The van der Waals surface area contributed by atoms with E-state index < -0.39 is 0 Å². The molecule has 19 heavy (non-hydrogen) atoms. The second kappa shape index (κ2) is 4.78. The number of nitriles is 1. The predicted molar refractivity (Wildman–Crippen MR) is 72.7 cm³/mol. The summed E-state index contributed by atoms with van der Waals surface area (Å²) in [5, 5.41) is 16.0. The lowest BCUT2D eigenvalue weighted by molar-refractivity contribution is 0.135. The van der Waals surface area contributed by atoms with Gasteiger partial charge in [0.05, 0.1) is 0 Å². The molecule has 1 spiro atoms. The first kappa shape index (κ1) is 12.4. The molecule has 1 saturated heterocycles. The van der Waals surface area contributed by atoms with Crippen LogP contribution in [-0.4, -0.2) is 28.1 Å². The quantitative estimate of drug-likeness (QED) is 0.844. The van der Waals surface area contributed by atoms with Crippen LogP contribution in [0.5, 0.6) is 0 Å². The van der Waals surface area contributed by atoms with Gasteiger partial charge in [-0.05, 0) is 51.6 Å². The number of aryl methyl sites for hydroxylation is 1. The highest BCUT2D eigenvalue weighted by Crippen LogP contribution is 2.38. The minimum atomic E-state index is 0.359. The van der Waals surface area contributed by atoms with Gasteiger partial charge in [0.25, 0.3) is 0 Å². The van der Waals surface area contributed by atoms with Crippen LogP contribution >= 0.6 is 0 Å². The first-order valence-electron chi connectivity index (χ1n) is 6.96. The monoisotopic (exact) mass is 257 g/mol. The summed E-state index contributed by atoms with van der Waals surface area (Å²) in [7, 11) is 0. The van der Waals surface area contributed by atoms with Crippen molar-refractivity contribution in [3.05, 3.63) is 17.5 Å². The average molecular weight is 257 g/mol. The molecule has 5 heteroatoms. The topological polar surface area (TPSA) is 73.6 Å². The van der Waals surface area contributed by atoms with Gasteiger partial charge in [0.2, 0.25) is 5.95 Å². The number of nitrogens with zero attached hydrogens (tertiary/aromatic N) is 3. The largest absolute Gasteiger partial charge is 0.351 e. The van der Waals surface area contributed by atoms with E-state index >= 15 is 0 Å². The van der Waals surface area contributed by atoms with Gasteiger partial charge in [0, 0.05) is 17.3 Å². The molecule has 1 saturated carbocycles. The lowest BCUT2D eigenvalue weighted by atomic mass is 9.70. The van der Waals surface area contributed by atoms with E-state index in [4.69, 9.17) is 5.26 Å². The zero-order chi connectivity index (χ0) is 13.3. The molecular weight excluding hydrogens is 238 g/mol. The van der Waals surface area contributed by atoms with Crippen LogP contribution in [0.3, 0.4) is 0 Å². The van der Waals surface area contributed by atoms with Gasteiger partial charge in [-0.15, -0.1) is 0 Å². The second-order valence-corrected chi connectivity index (χ2v) is 5.72. The van der Waals surface area contributed by atoms with Crippen molar-refractivity contribution in [1.29, 1.82) is 5.26 Å². The molecule has 1 aromatic rings. The van der Waals surface area contributed by atoms with E-state index in [0.717, 1.165) is 25.1 Å². The molecule has 0 radical (unpaired) electrons. The number of rotatable bonds is 2. The summed E-state index contributed by atoms with van der Waals surface area (Å²) in [6.07, 6.45) is 6.11. The molecule has 2 fully saturated rings. The molecule has 100 valence electrons. The highest BCUT2D eigenvalue weighted by atomic mass is 15.1. The summed E-state index contributed by atoms with van der Waals surface area (Å²) in [5.74, 6) is 0.595. The van der Waals surface area contributed by atoms with Crippen molar-refractivity contribution in [3.8, 4) is 6.07 Å². The molecule has 1 unspecified atom stereocenters. The summed E-state index contributed by atoms with van der Waals surface area (Å²) < 4.78 is 0. The van der Waals surface area contributed by atoms with Crippen molar-refractivity contribution >= 4 is 5.95 Å². The third kappa shape index (κ3) is 2.54. The number of nitrogens with one attached hydrogen (secondary N) is 2. The highest BCUT2D eigenvalue weighted by Gasteiger charge is 2.40. The number of aromatic nitrogens is 2. The molecule has 2 heterocycles. The van der Waals surface area contributed by atoms with E-state index in [9.17, 15) is 0 Å². The molecule has 1 aromatic heterocycles. The van der Waals surface area contributed by atoms with Crippen LogP contribution in [0.15, 0.2) is 6.07 Å². The minimum Gasteiger partial charge on any atom is -0.351 e. The van der Waals surface area contributed by atoms with Crippen molar-refractivity contribution in [2.45, 2.75) is 50.6 Å². The molecule has 0 aromatic carbocycles. The van der Waals surface area contributed by atoms with Crippen LogP contribution in [0.4, 0.5) is 5.95 Å². The number of hydrogen-bond donors (Lipinski definition) is 2. The smallest absolute Gasteiger partial charge is 0.224 e. The van der Waals surface area contributed by atoms with Crippen LogP contribution < -0.4 is 10.6 Å². The first-order chi connectivity index (χ1) is 9.19. The first-order valence-corrected chi connectivity index (χ1v) is 6.96. The van der Waals surface area contributed by atoms with Gasteiger partial charge in [-0.25, -0.2) is 9.97 Å². The average Bonchev–Trinajstić information content (AvgIpc) is 2.36. The Labute approximate surface area is 113 Å². The van der Waals surface area contributed by atoms with E-state index in [-0.39, 0.29) is 0 Å². The van der Waals surface area contributed by atoms with E-state index in [0.29, 0.717) is 23.2 Å². The summed E-state index contributed by atoms with van der Waals surface area (Å²) in [6.45, 7) is 2.94. The highest BCUT2D eigenvalue weighted by molar-refractivity contribution is 5.34. The Kier molecular flexibility index (Phi) is 3.11.